The molecule has 0 aliphatic heterocycles. The number of benzene rings is 1. The van der Waals surface area contributed by atoms with Crippen molar-refractivity contribution in [1.82, 2.24) is 15.6 Å². The Kier molecular flexibility index (Phi) is 11.5. The van der Waals surface area contributed by atoms with Crippen LogP contribution in [0.25, 0.3) is 0 Å². The molecule has 0 fully saturated rings. The van der Waals surface area contributed by atoms with Crippen LogP contribution in [-0.4, -0.2) is 76.8 Å². The lowest BCUT2D eigenvalue weighted by Gasteiger charge is -2.08. The number of alkyl carbamates (subject to hydrolysis) is 1. The van der Waals surface area contributed by atoms with Crippen molar-refractivity contribution in [3.05, 3.63) is 42.3 Å². The number of amides is 2. The van der Waals surface area contributed by atoms with Gasteiger partial charge in [0.05, 0.1) is 45.8 Å². The lowest BCUT2D eigenvalue weighted by Crippen LogP contribution is -2.27. The number of rotatable bonds is 15. The maximum Gasteiger partial charge on any atom is 0.406 e. The van der Waals surface area contributed by atoms with Crippen molar-refractivity contribution in [3.63, 3.8) is 0 Å². The number of nitrogens with zero attached hydrogens (tertiary/aromatic N) is 1. The molecule has 2 rings (SSSR count). The normalized spacial score (nSPS) is 10.5. The van der Waals surface area contributed by atoms with Crippen LogP contribution in [0.1, 0.15) is 10.4 Å². The molecule has 1 aromatic heterocycles. The van der Waals surface area contributed by atoms with Crippen molar-refractivity contribution >= 4 is 23.7 Å². The molecule has 0 atom stereocenters. The highest BCUT2D eigenvalue weighted by Crippen LogP contribution is 2.15. The number of oxazole rings is 1. The van der Waals surface area contributed by atoms with E-state index in [-0.39, 0.29) is 12.5 Å². The van der Waals surface area contributed by atoms with Crippen LogP contribution in [0, 0.1) is 0 Å². The molecule has 0 saturated heterocycles. The predicted octanol–water partition coefficient (Wildman–Crippen LogP) is 1.55. The molecule has 2 aromatic rings. The summed E-state index contributed by atoms with van der Waals surface area (Å²) in [4.78, 5) is 26.9. The summed E-state index contributed by atoms with van der Waals surface area (Å²) in [5, 5.41) is 8.11. The summed E-state index contributed by atoms with van der Waals surface area (Å²) in [6, 6.07) is 7.35. The van der Waals surface area contributed by atoms with Gasteiger partial charge in [-0.15, -0.1) is 0 Å². The Morgan fingerprint density at radius 3 is 2.19 bits per heavy atom. The Hall–Kier alpha value is -3.15. The van der Waals surface area contributed by atoms with Crippen LogP contribution in [0.2, 0.25) is 0 Å². The second-order valence-electron chi connectivity index (χ2n) is 6.02. The minimum Gasteiger partial charge on any atom is -0.447 e. The fourth-order valence-electron chi connectivity index (χ4n) is 2.26. The zero-order valence-corrected chi connectivity index (χ0v) is 17.4. The molecule has 1 aromatic carbocycles. The van der Waals surface area contributed by atoms with Gasteiger partial charge in [-0.3, -0.25) is 4.79 Å². The van der Waals surface area contributed by atoms with Gasteiger partial charge in [0, 0.05) is 24.8 Å². The topological polar surface area (TPSA) is 133 Å². The number of hydrogen-bond donors (Lipinski definition) is 3. The predicted molar refractivity (Wildman–Crippen MR) is 111 cm³/mol. The van der Waals surface area contributed by atoms with Crippen molar-refractivity contribution < 1.29 is 33.0 Å². The molecule has 0 saturated carbocycles. The SMILES string of the molecule is CNC(=O)OCCOCCOCCOCCNC(=O)c1ccc(Nc2ncco2)cc1. The highest BCUT2D eigenvalue weighted by molar-refractivity contribution is 5.94. The van der Waals surface area contributed by atoms with Gasteiger partial charge in [-0.05, 0) is 24.3 Å². The summed E-state index contributed by atoms with van der Waals surface area (Å²) in [6.07, 6.45) is 2.53. The summed E-state index contributed by atoms with van der Waals surface area (Å²) in [7, 11) is 1.49. The summed E-state index contributed by atoms with van der Waals surface area (Å²) in [5.74, 6) is -0.180. The Balaban J connectivity index is 1.42. The number of anilines is 2. The van der Waals surface area contributed by atoms with E-state index in [0.717, 1.165) is 5.69 Å². The Morgan fingerprint density at radius 2 is 1.58 bits per heavy atom. The first-order valence-electron chi connectivity index (χ1n) is 9.81. The highest BCUT2D eigenvalue weighted by atomic mass is 16.6. The van der Waals surface area contributed by atoms with Crippen LogP contribution < -0.4 is 16.0 Å². The van der Waals surface area contributed by atoms with E-state index in [1.165, 1.54) is 13.3 Å². The van der Waals surface area contributed by atoms with Gasteiger partial charge in [0.2, 0.25) is 0 Å². The van der Waals surface area contributed by atoms with E-state index in [4.69, 9.17) is 23.4 Å². The smallest absolute Gasteiger partial charge is 0.406 e. The highest BCUT2D eigenvalue weighted by Gasteiger charge is 2.05. The molecule has 0 radical (unpaired) electrons. The number of carbonyl (C=O) groups excluding carboxylic acids is 2. The zero-order chi connectivity index (χ0) is 22.2. The molecular weight excluding hydrogens is 408 g/mol. The van der Waals surface area contributed by atoms with Crippen molar-refractivity contribution in [3.8, 4) is 0 Å². The molecular formula is C20H28N4O7. The van der Waals surface area contributed by atoms with Crippen LogP contribution in [-0.2, 0) is 18.9 Å². The van der Waals surface area contributed by atoms with Crippen molar-refractivity contribution in [2.75, 3.05) is 65.2 Å². The first-order chi connectivity index (χ1) is 15.2. The van der Waals surface area contributed by atoms with Gasteiger partial charge in [0.1, 0.15) is 12.9 Å². The average molecular weight is 436 g/mol. The zero-order valence-electron chi connectivity index (χ0n) is 17.4. The molecule has 0 aliphatic carbocycles. The van der Waals surface area contributed by atoms with Crippen LogP contribution >= 0.6 is 0 Å². The Bertz CT molecular complexity index is 753. The van der Waals surface area contributed by atoms with E-state index in [2.05, 4.69) is 20.9 Å². The summed E-state index contributed by atoms with van der Waals surface area (Å²) < 4.78 is 25.9. The van der Waals surface area contributed by atoms with E-state index in [1.807, 2.05) is 0 Å². The minimum absolute atomic E-state index is 0.180. The van der Waals surface area contributed by atoms with Crippen LogP contribution in [0.15, 0.2) is 41.1 Å². The van der Waals surface area contributed by atoms with Crippen LogP contribution in [0.4, 0.5) is 16.5 Å². The third-order valence-corrected chi connectivity index (χ3v) is 3.77. The second kappa shape index (κ2) is 14.8. The second-order valence-corrected chi connectivity index (χ2v) is 6.02. The molecule has 31 heavy (non-hydrogen) atoms. The van der Waals surface area contributed by atoms with E-state index in [9.17, 15) is 9.59 Å². The number of hydrogen-bond acceptors (Lipinski definition) is 9. The molecule has 1 heterocycles. The van der Waals surface area contributed by atoms with E-state index >= 15 is 0 Å². The van der Waals surface area contributed by atoms with Gasteiger partial charge < -0.3 is 39.3 Å². The Labute approximate surface area is 180 Å². The van der Waals surface area contributed by atoms with E-state index < -0.39 is 6.09 Å². The maximum absolute atomic E-state index is 12.1. The molecule has 3 N–H and O–H groups in total. The number of carbonyl (C=O) groups is 2. The quantitative estimate of drug-likeness (QED) is 0.356. The van der Waals surface area contributed by atoms with Crippen molar-refractivity contribution in [2.24, 2.45) is 0 Å². The molecule has 11 heteroatoms. The van der Waals surface area contributed by atoms with Gasteiger partial charge in [0.25, 0.3) is 11.9 Å². The minimum atomic E-state index is -0.484. The van der Waals surface area contributed by atoms with Crippen LogP contribution in [0.5, 0.6) is 0 Å². The third-order valence-electron chi connectivity index (χ3n) is 3.77. The van der Waals surface area contributed by atoms with Gasteiger partial charge >= 0.3 is 6.09 Å². The largest absolute Gasteiger partial charge is 0.447 e. The summed E-state index contributed by atoms with van der Waals surface area (Å²) in [6.45, 7) is 2.93. The summed E-state index contributed by atoms with van der Waals surface area (Å²) >= 11 is 0. The fourth-order valence-corrected chi connectivity index (χ4v) is 2.26. The van der Waals surface area contributed by atoms with Crippen molar-refractivity contribution in [2.45, 2.75) is 0 Å². The van der Waals surface area contributed by atoms with E-state index in [0.29, 0.717) is 57.8 Å². The first kappa shape index (κ1) is 24.1. The van der Waals surface area contributed by atoms with E-state index in [1.54, 1.807) is 30.5 Å². The van der Waals surface area contributed by atoms with Gasteiger partial charge in [-0.25, -0.2) is 9.78 Å². The lowest BCUT2D eigenvalue weighted by atomic mass is 10.2. The van der Waals surface area contributed by atoms with Crippen LogP contribution in [0.3, 0.4) is 0 Å². The molecule has 2 amide bonds. The number of aromatic nitrogens is 1. The van der Waals surface area contributed by atoms with Gasteiger partial charge in [0.15, 0.2) is 0 Å². The molecule has 0 spiro atoms. The molecule has 170 valence electrons. The number of ether oxygens (including phenoxy) is 4. The summed E-state index contributed by atoms with van der Waals surface area (Å²) in [5.41, 5.74) is 1.31. The monoisotopic (exact) mass is 436 g/mol. The maximum atomic E-state index is 12.1. The first-order valence-corrected chi connectivity index (χ1v) is 9.81. The van der Waals surface area contributed by atoms with Gasteiger partial charge in [-0.1, -0.05) is 0 Å². The van der Waals surface area contributed by atoms with Gasteiger partial charge in [-0.2, -0.15) is 0 Å². The standard InChI is InChI=1S/C20H28N4O7/c1-21-20(26)31-15-14-29-13-12-28-11-10-27-8-6-22-18(25)16-2-4-17(5-3-16)24-19-23-7-9-30-19/h2-5,7,9H,6,8,10-15H2,1H3,(H,21,26)(H,22,25)(H,23,24). The lowest BCUT2D eigenvalue weighted by molar-refractivity contribution is 0.00631. The molecule has 11 nitrogen and oxygen atoms in total. The Morgan fingerprint density at radius 1 is 0.935 bits per heavy atom. The fraction of sp³-hybridized carbons (Fsp3) is 0.450. The third kappa shape index (κ3) is 10.4. The number of nitrogens with one attached hydrogen (secondary N) is 3. The molecule has 0 bridgehead atoms. The van der Waals surface area contributed by atoms with Crippen molar-refractivity contribution in [1.29, 1.82) is 0 Å². The molecule has 0 aliphatic rings. The molecule has 0 unspecified atom stereocenters. The average Bonchev–Trinajstić information content (AvgIpc) is 3.30.